The zero-order valence-corrected chi connectivity index (χ0v) is 14.1. The Morgan fingerprint density at radius 1 is 1.19 bits per heavy atom. The van der Waals surface area contributed by atoms with E-state index in [2.05, 4.69) is 25.2 Å². The molecule has 4 rings (SSSR count). The molecule has 1 aliphatic carbocycles. The molecule has 136 valence electrons. The number of benzene rings is 1. The highest BCUT2D eigenvalue weighted by molar-refractivity contribution is 5.81. The third-order valence-electron chi connectivity index (χ3n) is 4.48. The van der Waals surface area contributed by atoms with Gasteiger partial charge in [0.15, 0.2) is 0 Å². The third kappa shape index (κ3) is 3.31. The molecule has 0 spiro atoms. The van der Waals surface area contributed by atoms with Gasteiger partial charge in [-0.2, -0.15) is 13.2 Å². The standard InChI is InChI=1S/C18H18F3N5/c1-22-17-25-14-9-23-16(8-15(14)26(17)10-11-2-3-11)24-13-6-4-12(5-7-13)18(19,20)21/h4-9,11H,2-3,10H2,1H3,(H,22,25)(H,23,24). The van der Waals surface area contributed by atoms with Crippen LogP contribution in [0.5, 0.6) is 0 Å². The Morgan fingerprint density at radius 3 is 2.54 bits per heavy atom. The van der Waals surface area contributed by atoms with Crippen molar-refractivity contribution in [3.8, 4) is 0 Å². The van der Waals surface area contributed by atoms with E-state index in [4.69, 9.17) is 0 Å². The lowest BCUT2D eigenvalue weighted by Gasteiger charge is -2.10. The average Bonchev–Trinajstić information content (AvgIpc) is 3.36. The Bertz CT molecular complexity index is 926. The molecule has 2 heterocycles. The van der Waals surface area contributed by atoms with Gasteiger partial charge in [-0.3, -0.25) is 0 Å². The van der Waals surface area contributed by atoms with Crippen molar-refractivity contribution in [1.82, 2.24) is 14.5 Å². The monoisotopic (exact) mass is 361 g/mol. The molecule has 0 atom stereocenters. The van der Waals surface area contributed by atoms with Crippen LogP contribution in [-0.4, -0.2) is 21.6 Å². The van der Waals surface area contributed by atoms with Crippen molar-refractivity contribution in [2.45, 2.75) is 25.6 Å². The third-order valence-corrected chi connectivity index (χ3v) is 4.48. The van der Waals surface area contributed by atoms with E-state index in [9.17, 15) is 13.2 Å². The van der Waals surface area contributed by atoms with Gasteiger partial charge in [-0.05, 0) is 43.0 Å². The number of hydrogen-bond donors (Lipinski definition) is 2. The van der Waals surface area contributed by atoms with Crippen LogP contribution in [0.2, 0.25) is 0 Å². The van der Waals surface area contributed by atoms with E-state index in [1.165, 1.54) is 25.0 Å². The molecule has 0 saturated heterocycles. The Labute approximate surface area is 148 Å². The van der Waals surface area contributed by atoms with Gasteiger partial charge in [0.05, 0.1) is 17.3 Å². The highest BCUT2D eigenvalue weighted by atomic mass is 19.4. The summed E-state index contributed by atoms with van der Waals surface area (Å²) in [5.74, 6) is 2.04. The summed E-state index contributed by atoms with van der Waals surface area (Å²) in [5, 5.41) is 6.16. The highest BCUT2D eigenvalue weighted by Crippen LogP contribution is 2.34. The normalized spacial score (nSPS) is 14.6. The largest absolute Gasteiger partial charge is 0.416 e. The van der Waals surface area contributed by atoms with E-state index >= 15 is 0 Å². The van der Waals surface area contributed by atoms with Crippen LogP contribution >= 0.6 is 0 Å². The van der Waals surface area contributed by atoms with Crippen molar-refractivity contribution in [3.63, 3.8) is 0 Å². The smallest absolute Gasteiger partial charge is 0.359 e. The molecule has 0 radical (unpaired) electrons. The molecule has 3 aromatic rings. The Balaban J connectivity index is 1.62. The molecule has 1 aromatic carbocycles. The summed E-state index contributed by atoms with van der Waals surface area (Å²) in [6.07, 6.45) is -0.213. The Hall–Kier alpha value is -2.77. The van der Waals surface area contributed by atoms with E-state index in [1.54, 1.807) is 6.20 Å². The lowest BCUT2D eigenvalue weighted by molar-refractivity contribution is -0.137. The maximum absolute atomic E-state index is 12.7. The maximum atomic E-state index is 12.7. The fourth-order valence-electron chi connectivity index (χ4n) is 2.92. The Morgan fingerprint density at radius 2 is 1.92 bits per heavy atom. The summed E-state index contributed by atoms with van der Waals surface area (Å²) in [5.41, 5.74) is 1.61. The van der Waals surface area contributed by atoms with Crippen LogP contribution in [0.1, 0.15) is 18.4 Å². The van der Waals surface area contributed by atoms with Gasteiger partial charge in [0, 0.05) is 25.3 Å². The molecule has 8 heteroatoms. The fourth-order valence-corrected chi connectivity index (χ4v) is 2.92. The molecule has 2 N–H and O–H groups in total. The van der Waals surface area contributed by atoms with Crippen molar-refractivity contribution >= 4 is 28.5 Å². The summed E-state index contributed by atoms with van der Waals surface area (Å²) in [6.45, 7) is 0.899. The van der Waals surface area contributed by atoms with E-state index in [0.29, 0.717) is 17.4 Å². The second-order valence-electron chi connectivity index (χ2n) is 6.50. The first-order valence-corrected chi connectivity index (χ1v) is 8.42. The molecular formula is C18H18F3N5. The quantitative estimate of drug-likeness (QED) is 0.695. The zero-order valence-electron chi connectivity index (χ0n) is 14.1. The van der Waals surface area contributed by atoms with Gasteiger partial charge in [-0.15, -0.1) is 0 Å². The van der Waals surface area contributed by atoms with Gasteiger partial charge in [0.2, 0.25) is 5.95 Å². The minimum absolute atomic E-state index is 0.548. The number of nitrogens with zero attached hydrogens (tertiary/aromatic N) is 3. The number of aromatic nitrogens is 3. The van der Waals surface area contributed by atoms with Gasteiger partial charge >= 0.3 is 6.18 Å². The number of anilines is 3. The van der Waals surface area contributed by atoms with Crippen molar-refractivity contribution in [3.05, 3.63) is 42.1 Å². The summed E-state index contributed by atoms with van der Waals surface area (Å²) in [7, 11) is 1.83. The molecule has 1 aliphatic rings. The lowest BCUT2D eigenvalue weighted by atomic mass is 10.2. The molecule has 26 heavy (non-hydrogen) atoms. The number of nitrogens with one attached hydrogen (secondary N) is 2. The number of halogens is 3. The van der Waals surface area contributed by atoms with Crippen LogP contribution in [0.15, 0.2) is 36.5 Å². The van der Waals surface area contributed by atoms with E-state index in [0.717, 1.165) is 35.7 Å². The molecule has 2 aromatic heterocycles. The summed E-state index contributed by atoms with van der Waals surface area (Å²) in [4.78, 5) is 8.86. The van der Waals surface area contributed by atoms with E-state index < -0.39 is 11.7 Å². The highest BCUT2D eigenvalue weighted by Gasteiger charge is 2.30. The van der Waals surface area contributed by atoms with Crippen LogP contribution in [0.4, 0.5) is 30.6 Å². The number of imidazole rings is 1. The van der Waals surface area contributed by atoms with Crippen molar-refractivity contribution in [1.29, 1.82) is 0 Å². The first-order chi connectivity index (χ1) is 12.4. The SMILES string of the molecule is CNc1nc2cnc(Nc3ccc(C(F)(F)F)cc3)cc2n1CC1CC1. The van der Waals surface area contributed by atoms with Crippen molar-refractivity contribution in [2.24, 2.45) is 5.92 Å². The van der Waals surface area contributed by atoms with Crippen LogP contribution in [0.25, 0.3) is 11.0 Å². The van der Waals surface area contributed by atoms with Gasteiger partial charge in [-0.1, -0.05) is 0 Å². The number of fused-ring (bicyclic) bond motifs is 1. The maximum Gasteiger partial charge on any atom is 0.416 e. The molecule has 0 amide bonds. The first kappa shape index (κ1) is 16.7. The first-order valence-electron chi connectivity index (χ1n) is 8.42. The molecule has 1 fully saturated rings. The summed E-state index contributed by atoms with van der Waals surface area (Å²) < 4.78 is 40.1. The topological polar surface area (TPSA) is 54.8 Å². The minimum atomic E-state index is -4.34. The molecular weight excluding hydrogens is 343 g/mol. The average molecular weight is 361 g/mol. The number of alkyl halides is 3. The van der Waals surface area contributed by atoms with Crippen LogP contribution in [-0.2, 0) is 12.7 Å². The van der Waals surface area contributed by atoms with E-state index in [1.807, 2.05) is 13.1 Å². The predicted molar refractivity (Wildman–Crippen MR) is 94.5 cm³/mol. The minimum Gasteiger partial charge on any atom is -0.359 e. The second-order valence-corrected chi connectivity index (χ2v) is 6.50. The Kier molecular flexibility index (Phi) is 3.97. The molecule has 1 saturated carbocycles. The molecule has 0 bridgehead atoms. The molecule has 5 nitrogen and oxygen atoms in total. The number of pyridine rings is 1. The van der Waals surface area contributed by atoms with Crippen molar-refractivity contribution in [2.75, 3.05) is 17.7 Å². The van der Waals surface area contributed by atoms with Gasteiger partial charge in [0.25, 0.3) is 0 Å². The van der Waals surface area contributed by atoms with Gasteiger partial charge in [-0.25, -0.2) is 9.97 Å². The summed E-state index contributed by atoms with van der Waals surface area (Å²) in [6, 6.07) is 6.78. The number of hydrogen-bond acceptors (Lipinski definition) is 4. The number of rotatable bonds is 5. The second kappa shape index (κ2) is 6.19. The van der Waals surface area contributed by atoms with Gasteiger partial charge < -0.3 is 15.2 Å². The molecule has 0 unspecified atom stereocenters. The summed E-state index contributed by atoms with van der Waals surface area (Å²) >= 11 is 0. The lowest BCUT2D eigenvalue weighted by Crippen LogP contribution is -2.05. The van der Waals surface area contributed by atoms with Gasteiger partial charge in [0.1, 0.15) is 11.3 Å². The van der Waals surface area contributed by atoms with E-state index in [-0.39, 0.29) is 0 Å². The fraction of sp³-hybridized carbons (Fsp3) is 0.333. The van der Waals surface area contributed by atoms with Crippen LogP contribution < -0.4 is 10.6 Å². The predicted octanol–water partition coefficient (Wildman–Crippen LogP) is 4.65. The van der Waals surface area contributed by atoms with Crippen LogP contribution in [0, 0.1) is 5.92 Å². The zero-order chi connectivity index (χ0) is 18.3. The van der Waals surface area contributed by atoms with Crippen LogP contribution in [0.3, 0.4) is 0 Å². The van der Waals surface area contributed by atoms with Crippen molar-refractivity contribution < 1.29 is 13.2 Å². The molecule has 0 aliphatic heterocycles.